The zero-order chi connectivity index (χ0) is 16.6. The number of para-hydroxylation sites is 1. The zero-order valence-corrected chi connectivity index (χ0v) is 14.8. The van der Waals surface area contributed by atoms with E-state index in [9.17, 15) is 4.79 Å². The van der Waals surface area contributed by atoms with Crippen LogP contribution in [0.1, 0.15) is 18.2 Å². The van der Waals surface area contributed by atoms with Crippen LogP contribution >= 0.6 is 24.0 Å². The van der Waals surface area contributed by atoms with Crippen LogP contribution in [0.5, 0.6) is 0 Å². The molecule has 1 aliphatic heterocycles. The lowest BCUT2D eigenvalue weighted by atomic mass is 10.1. The second kappa shape index (κ2) is 6.34. The maximum atomic E-state index is 12.5. The lowest BCUT2D eigenvalue weighted by molar-refractivity contribution is -0.121. The number of amides is 1. The highest BCUT2D eigenvalue weighted by molar-refractivity contribution is 8.26. The van der Waals surface area contributed by atoms with Gasteiger partial charge in [-0.15, -0.1) is 6.58 Å². The van der Waals surface area contributed by atoms with Gasteiger partial charge in [0.05, 0.1) is 4.91 Å². The molecule has 1 aromatic carbocycles. The molecule has 0 bridgehead atoms. The van der Waals surface area contributed by atoms with Crippen molar-refractivity contribution < 1.29 is 4.79 Å². The molecule has 0 spiro atoms. The molecule has 23 heavy (non-hydrogen) atoms. The molecular formula is C18H18N2OS2. The Bertz CT molecular complexity index is 848. The maximum Gasteiger partial charge on any atom is 0.266 e. The Labute approximate surface area is 145 Å². The van der Waals surface area contributed by atoms with E-state index in [0.29, 0.717) is 15.8 Å². The van der Waals surface area contributed by atoms with Gasteiger partial charge in [0.2, 0.25) is 0 Å². The van der Waals surface area contributed by atoms with Crippen molar-refractivity contribution in [1.82, 2.24) is 9.47 Å². The number of benzene rings is 1. The summed E-state index contributed by atoms with van der Waals surface area (Å²) in [5.41, 5.74) is 3.37. The number of fused-ring (bicyclic) bond motifs is 1. The number of hydrogen-bond acceptors (Lipinski definition) is 3. The van der Waals surface area contributed by atoms with Crippen LogP contribution in [0.25, 0.3) is 17.0 Å². The smallest absolute Gasteiger partial charge is 0.266 e. The van der Waals surface area contributed by atoms with E-state index < -0.39 is 0 Å². The molecule has 3 nitrogen and oxygen atoms in total. The van der Waals surface area contributed by atoms with Crippen LogP contribution in [0, 0.1) is 6.92 Å². The fraction of sp³-hybridized carbons (Fsp3) is 0.222. The first-order valence-corrected chi connectivity index (χ1v) is 8.75. The summed E-state index contributed by atoms with van der Waals surface area (Å²) in [6.45, 7) is 9.22. The fourth-order valence-electron chi connectivity index (χ4n) is 2.91. The minimum absolute atomic E-state index is 0.00227. The van der Waals surface area contributed by atoms with Crippen molar-refractivity contribution in [2.45, 2.75) is 20.4 Å². The van der Waals surface area contributed by atoms with Crippen LogP contribution < -0.4 is 0 Å². The quantitative estimate of drug-likeness (QED) is 0.469. The number of likely N-dealkylation sites (N-methyl/N-ethyl adjacent to an activating group) is 1. The monoisotopic (exact) mass is 342 g/mol. The minimum Gasteiger partial charge on any atom is -0.340 e. The number of aromatic nitrogens is 1. The molecule has 2 heterocycles. The van der Waals surface area contributed by atoms with E-state index in [1.165, 1.54) is 11.8 Å². The summed E-state index contributed by atoms with van der Waals surface area (Å²) < 4.78 is 2.85. The highest BCUT2D eigenvalue weighted by atomic mass is 32.2. The molecule has 2 aromatic rings. The number of hydrogen-bond donors (Lipinski definition) is 0. The Hall–Kier alpha value is -1.85. The van der Waals surface area contributed by atoms with Crippen molar-refractivity contribution in [3.05, 3.63) is 53.1 Å². The van der Waals surface area contributed by atoms with Crippen LogP contribution in [0.2, 0.25) is 0 Å². The summed E-state index contributed by atoms with van der Waals surface area (Å²) in [7, 11) is 0. The van der Waals surface area contributed by atoms with Crippen molar-refractivity contribution in [1.29, 1.82) is 0 Å². The SMILES string of the molecule is C=CCn1c(C)c(/C=C2\SC(=S)N(CC)C2=O)c2ccccc21. The Morgan fingerprint density at radius 2 is 2.09 bits per heavy atom. The highest BCUT2D eigenvalue weighted by Crippen LogP contribution is 2.35. The van der Waals surface area contributed by atoms with Crippen LogP contribution in [-0.4, -0.2) is 26.2 Å². The third-order valence-electron chi connectivity index (χ3n) is 4.06. The molecule has 1 fully saturated rings. The molecule has 5 heteroatoms. The second-order valence-electron chi connectivity index (χ2n) is 5.34. The Morgan fingerprint density at radius 3 is 2.74 bits per heavy atom. The molecule has 118 valence electrons. The first kappa shape index (κ1) is 16.0. The standard InChI is InChI=1S/C18H18N2OS2/c1-4-10-20-12(3)14(13-8-6-7-9-15(13)20)11-16-17(21)19(5-2)18(22)23-16/h4,6-9,11H,1,5,10H2,2-3H3/b16-11-. The summed E-state index contributed by atoms with van der Waals surface area (Å²) in [5, 5.41) is 1.15. The lowest BCUT2D eigenvalue weighted by Crippen LogP contribution is -2.27. The van der Waals surface area contributed by atoms with Gasteiger partial charge in [-0.25, -0.2) is 0 Å². The number of nitrogens with zero attached hydrogens (tertiary/aromatic N) is 2. The number of allylic oxidation sites excluding steroid dienone is 1. The molecule has 0 aliphatic carbocycles. The van der Waals surface area contributed by atoms with Gasteiger partial charge in [-0.2, -0.15) is 0 Å². The van der Waals surface area contributed by atoms with Crippen molar-refractivity contribution in [3.8, 4) is 0 Å². The largest absolute Gasteiger partial charge is 0.340 e. The molecule has 0 unspecified atom stereocenters. The van der Waals surface area contributed by atoms with Gasteiger partial charge in [0.25, 0.3) is 5.91 Å². The molecule has 1 aromatic heterocycles. The zero-order valence-electron chi connectivity index (χ0n) is 13.2. The third-order valence-corrected chi connectivity index (χ3v) is 5.43. The predicted molar refractivity (Wildman–Crippen MR) is 102 cm³/mol. The molecule has 0 radical (unpaired) electrons. The summed E-state index contributed by atoms with van der Waals surface area (Å²) in [6.07, 6.45) is 3.87. The first-order chi connectivity index (χ1) is 11.1. The van der Waals surface area contributed by atoms with Crippen molar-refractivity contribution in [2.24, 2.45) is 0 Å². The third kappa shape index (κ3) is 2.64. The number of rotatable bonds is 4. The van der Waals surface area contributed by atoms with Crippen LogP contribution in [0.3, 0.4) is 0 Å². The molecule has 1 amide bonds. The van der Waals surface area contributed by atoms with Crippen molar-refractivity contribution in [3.63, 3.8) is 0 Å². The Balaban J connectivity index is 2.16. The van der Waals surface area contributed by atoms with Crippen LogP contribution in [0.15, 0.2) is 41.8 Å². The predicted octanol–water partition coefficient (Wildman–Crippen LogP) is 4.36. The van der Waals surface area contributed by atoms with Crippen LogP contribution in [-0.2, 0) is 11.3 Å². The van der Waals surface area contributed by atoms with Gasteiger partial charge in [-0.3, -0.25) is 9.69 Å². The van der Waals surface area contributed by atoms with Crippen molar-refractivity contribution in [2.75, 3.05) is 6.54 Å². The van der Waals surface area contributed by atoms with Gasteiger partial charge in [0.15, 0.2) is 0 Å². The van der Waals surface area contributed by atoms with E-state index in [2.05, 4.69) is 30.2 Å². The summed E-state index contributed by atoms with van der Waals surface area (Å²) in [5.74, 6) is 0.00227. The van der Waals surface area contributed by atoms with E-state index in [1.807, 2.05) is 31.2 Å². The molecule has 1 aliphatic rings. The normalized spacial score (nSPS) is 16.8. The van der Waals surface area contributed by atoms with Gasteiger partial charge in [-0.1, -0.05) is 48.3 Å². The lowest BCUT2D eigenvalue weighted by Gasteiger charge is -2.09. The number of carbonyl (C=O) groups is 1. The average Bonchev–Trinajstić information content (AvgIpc) is 2.96. The molecule has 0 saturated carbocycles. The first-order valence-electron chi connectivity index (χ1n) is 7.52. The molecule has 0 N–H and O–H groups in total. The van der Waals surface area contributed by atoms with Gasteiger partial charge in [-0.05, 0) is 26.0 Å². The average molecular weight is 342 g/mol. The van der Waals surface area contributed by atoms with E-state index in [-0.39, 0.29) is 5.91 Å². The van der Waals surface area contributed by atoms with Crippen molar-refractivity contribution >= 4 is 51.2 Å². The van der Waals surface area contributed by atoms with Gasteiger partial charge in [0, 0.05) is 35.2 Å². The molecule has 3 rings (SSSR count). The number of thioether (sulfide) groups is 1. The van der Waals surface area contributed by atoms with E-state index >= 15 is 0 Å². The van der Waals surface area contributed by atoms with E-state index in [0.717, 1.165) is 28.7 Å². The Kier molecular flexibility index (Phi) is 4.41. The van der Waals surface area contributed by atoms with Gasteiger partial charge in [0.1, 0.15) is 4.32 Å². The number of carbonyl (C=O) groups excluding carboxylic acids is 1. The summed E-state index contributed by atoms with van der Waals surface area (Å²) in [6, 6.07) is 8.24. The molecular weight excluding hydrogens is 324 g/mol. The second-order valence-corrected chi connectivity index (χ2v) is 7.02. The molecule has 0 atom stereocenters. The minimum atomic E-state index is 0.00227. The topological polar surface area (TPSA) is 25.2 Å². The van der Waals surface area contributed by atoms with E-state index in [1.54, 1.807) is 4.90 Å². The summed E-state index contributed by atoms with van der Waals surface area (Å²) >= 11 is 6.67. The van der Waals surface area contributed by atoms with Gasteiger partial charge >= 0.3 is 0 Å². The fourth-order valence-corrected chi connectivity index (χ4v) is 4.27. The maximum absolute atomic E-state index is 12.5. The van der Waals surface area contributed by atoms with Gasteiger partial charge < -0.3 is 4.57 Å². The number of thiocarbonyl (C=S) groups is 1. The Morgan fingerprint density at radius 1 is 1.35 bits per heavy atom. The summed E-state index contributed by atoms with van der Waals surface area (Å²) in [4.78, 5) is 14.8. The van der Waals surface area contributed by atoms with Crippen LogP contribution in [0.4, 0.5) is 0 Å². The highest BCUT2D eigenvalue weighted by Gasteiger charge is 2.31. The molecule has 1 saturated heterocycles. The van der Waals surface area contributed by atoms with E-state index in [4.69, 9.17) is 12.2 Å².